The summed E-state index contributed by atoms with van der Waals surface area (Å²) < 4.78 is 66.2. The van der Waals surface area contributed by atoms with Crippen molar-refractivity contribution in [1.82, 2.24) is 4.90 Å². The zero-order valence-corrected chi connectivity index (χ0v) is 18.9. The highest BCUT2D eigenvalue weighted by atomic mass is 32.2. The summed E-state index contributed by atoms with van der Waals surface area (Å²) in [5.41, 5.74) is 0.517. The summed E-state index contributed by atoms with van der Waals surface area (Å²) in [6, 6.07) is 14.5. The Morgan fingerprint density at radius 3 is 2.24 bits per heavy atom. The molecule has 2 aromatic carbocycles. The molecular weight excluding hydrogens is 475 g/mol. The van der Waals surface area contributed by atoms with Crippen molar-refractivity contribution in [2.45, 2.75) is 10.4 Å². The van der Waals surface area contributed by atoms with Gasteiger partial charge in [-0.05, 0) is 53.9 Å². The van der Waals surface area contributed by atoms with Crippen LogP contribution in [-0.2, 0) is 16.2 Å². The van der Waals surface area contributed by atoms with Gasteiger partial charge in [0.2, 0.25) is 0 Å². The van der Waals surface area contributed by atoms with E-state index in [1.54, 1.807) is 34.5 Å². The van der Waals surface area contributed by atoms with Crippen LogP contribution in [0.15, 0.2) is 70.3 Å². The number of anilines is 2. The second kappa shape index (κ2) is 9.06. The van der Waals surface area contributed by atoms with Gasteiger partial charge >= 0.3 is 6.18 Å². The third-order valence-electron chi connectivity index (χ3n) is 5.25. The quantitative estimate of drug-likeness (QED) is 0.565. The number of hydrogen-bond acceptors (Lipinski definition) is 5. The van der Waals surface area contributed by atoms with E-state index >= 15 is 0 Å². The van der Waals surface area contributed by atoms with Gasteiger partial charge in [0.1, 0.15) is 4.21 Å². The van der Waals surface area contributed by atoms with Crippen LogP contribution >= 0.6 is 11.3 Å². The molecular formula is C22H20F3N3O3S2. The number of benzene rings is 2. The number of nitrogens with zero attached hydrogens (tertiary/aromatic N) is 2. The zero-order valence-electron chi connectivity index (χ0n) is 17.2. The molecule has 0 aliphatic carbocycles. The number of sulfonamides is 1. The molecule has 1 fully saturated rings. The molecule has 174 valence electrons. The molecule has 1 amide bonds. The normalized spacial score (nSPS) is 14.9. The average molecular weight is 496 g/mol. The standard InChI is InChI=1S/C22H20F3N3O3S2/c23-22(24,25)17-3-1-4-19(15-17)27-10-12-28(13-11-27)21(29)16-6-8-18(9-7-16)26-33(30,31)20-5-2-14-32-20/h1-9,14-15,26H,10-13H2. The van der Waals surface area contributed by atoms with Gasteiger partial charge in [-0.25, -0.2) is 8.42 Å². The number of carbonyl (C=O) groups is 1. The largest absolute Gasteiger partial charge is 0.416 e. The van der Waals surface area contributed by atoms with Crippen LogP contribution in [0.4, 0.5) is 24.5 Å². The molecule has 2 heterocycles. The summed E-state index contributed by atoms with van der Waals surface area (Å²) in [6.45, 7) is 1.54. The lowest BCUT2D eigenvalue weighted by Crippen LogP contribution is -2.48. The summed E-state index contributed by atoms with van der Waals surface area (Å²) in [7, 11) is -3.67. The number of nitrogens with one attached hydrogen (secondary N) is 1. The topological polar surface area (TPSA) is 69.7 Å². The Bertz CT molecular complexity index is 1220. The summed E-state index contributed by atoms with van der Waals surface area (Å²) >= 11 is 1.11. The maximum Gasteiger partial charge on any atom is 0.416 e. The molecule has 0 saturated carbocycles. The molecule has 0 atom stereocenters. The van der Waals surface area contributed by atoms with Crippen molar-refractivity contribution in [3.05, 3.63) is 77.2 Å². The van der Waals surface area contributed by atoms with Crippen LogP contribution in [0.1, 0.15) is 15.9 Å². The van der Waals surface area contributed by atoms with Crippen LogP contribution in [0.25, 0.3) is 0 Å². The predicted molar refractivity (Wildman–Crippen MR) is 121 cm³/mol. The second-order valence-electron chi connectivity index (χ2n) is 7.44. The van der Waals surface area contributed by atoms with E-state index in [0.717, 1.165) is 23.5 Å². The van der Waals surface area contributed by atoms with Crippen LogP contribution in [-0.4, -0.2) is 45.4 Å². The van der Waals surface area contributed by atoms with Crippen molar-refractivity contribution in [2.24, 2.45) is 0 Å². The molecule has 1 aliphatic heterocycles. The van der Waals surface area contributed by atoms with E-state index < -0.39 is 21.8 Å². The van der Waals surface area contributed by atoms with Crippen LogP contribution in [0.2, 0.25) is 0 Å². The smallest absolute Gasteiger partial charge is 0.368 e. The number of thiophene rings is 1. The van der Waals surface area contributed by atoms with Crippen LogP contribution < -0.4 is 9.62 Å². The number of halogens is 3. The van der Waals surface area contributed by atoms with Gasteiger partial charge in [0, 0.05) is 43.1 Å². The fourth-order valence-corrected chi connectivity index (χ4v) is 5.58. The van der Waals surface area contributed by atoms with Gasteiger partial charge in [0.25, 0.3) is 15.9 Å². The third kappa shape index (κ3) is 5.31. The maximum absolute atomic E-state index is 13.0. The zero-order chi connectivity index (χ0) is 23.6. The Kier molecular flexibility index (Phi) is 6.35. The first-order chi connectivity index (χ1) is 15.6. The minimum absolute atomic E-state index is 0.196. The predicted octanol–water partition coefficient (Wildman–Crippen LogP) is 4.53. The Morgan fingerprint density at radius 2 is 1.64 bits per heavy atom. The molecule has 0 spiro atoms. The monoisotopic (exact) mass is 495 g/mol. The Morgan fingerprint density at radius 1 is 0.939 bits per heavy atom. The van der Waals surface area contributed by atoms with Gasteiger partial charge in [-0.3, -0.25) is 9.52 Å². The first kappa shape index (κ1) is 23.1. The van der Waals surface area contributed by atoms with Gasteiger partial charge < -0.3 is 9.80 Å². The highest BCUT2D eigenvalue weighted by Crippen LogP contribution is 2.32. The number of hydrogen-bond donors (Lipinski definition) is 1. The SMILES string of the molecule is O=C(c1ccc(NS(=O)(=O)c2cccs2)cc1)N1CCN(c2cccc(C(F)(F)F)c2)CC1. The Labute approximate surface area is 193 Å². The first-order valence-electron chi connectivity index (χ1n) is 10.0. The lowest BCUT2D eigenvalue weighted by atomic mass is 10.1. The second-order valence-corrected chi connectivity index (χ2v) is 10.3. The van der Waals surface area contributed by atoms with Crippen molar-refractivity contribution >= 4 is 38.6 Å². The van der Waals surface area contributed by atoms with Crippen LogP contribution in [0.5, 0.6) is 0 Å². The molecule has 0 bridgehead atoms. The van der Waals surface area contributed by atoms with Crippen molar-refractivity contribution in [2.75, 3.05) is 35.8 Å². The third-order valence-corrected chi connectivity index (χ3v) is 8.03. The molecule has 1 N–H and O–H groups in total. The fourth-order valence-electron chi connectivity index (χ4n) is 3.53. The molecule has 11 heteroatoms. The summed E-state index contributed by atoms with van der Waals surface area (Å²) in [4.78, 5) is 16.3. The van der Waals surface area contributed by atoms with Crippen LogP contribution in [0.3, 0.4) is 0 Å². The average Bonchev–Trinajstić information content (AvgIpc) is 3.35. The summed E-state index contributed by atoms with van der Waals surface area (Å²) in [5.74, 6) is -0.216. The van der Waals surface area contributed by atoms with Crippen molar-refractivity contribution in [3.8, 4) is 0 Å². The molecule has 3 aromatic rings. The Balaban J connectivity index is 1.37. The van der Waals surface area contributed by atoms with E-state index in [1.807, 2.05) is 4.90 Å². The molecule has 0 radical (unpaired) electrons. The minimum atomic E-state index is -4.40. The van der Waals surface area contributed by atoms with E-state index in [1.165, 1.54) is 24.3 Å². The summed E-state index contributed by atoms with van der Waals surface area (Å²) in [6.07, 6.45) is -4.40. The molecule has 1 aromatic heterocycles. The van der Waals surface area contributed by atoms with Gasteiger partial charge in [0.05, 0.1) is 5.56 Å². The number of piperazine rings is 1. The highest BCUT2D eigenvalue weighted by Gasteiger charge is 2.31. The van der Waals surface area contributed by atoms with Gasteiger partial charge in [-0.1, -0.05) is 12.1 Å². The highest BCUT2D eigenvalue weighted by molar-refractivity contribution is 7.94. The van der Waals surface area contributed by atoms with E-state index in [0.29, 0.717) is 43.1 Å². The van der Waals surface area contributed by atoms with Crippen molar-refractivity contribution < 1.29 is 26.4 Å². The van der Waals surface area contributed by atoms with Gasteiger partial charge in [-0.2, -0.15) is 13.2 Å². The number of rotatable bonds is 5. The molecule has 0 unspecified atom stereocenters. The minimum Gasteiger partial charge on any atom is -0.368 e. The van der Waals surface area contributed by atoms with Crippen LogP contribution in [0, 0.1) is 0 Å². The number of carbonyl (C=O) groups excluding carboxylic acids is 1. The molecule has 4 rings (SSSR count). The van der Waals surface area contributed by atoms with Crippen molar-refractivity contribution in [3.63, 3.8) is 0 Å². The van der Waals surface area contributed by atoms with E-state index in [4.69, 9.17) is 0 Å². The number of alkyl halides is 3. The first-order valence-corrected chi connectivity index (χ1v) is 12.4. The van der Waals surface area contributed by atoms with E-state index in [9.17, 15) is 26.4 Å². The molecule has 1 saturated heterocycles. The lowest BCUT2D eigenvalue weighted by molar-refractivity contribution is -0.137. The number of amides is 1. The van der Waals surface area contributed by atoms with E-state index in [2.05, 4.69) is 4.72 Å². The van der Waals surface area contributed by atoms with Crippen molar-refractivity contribution in [1.29, 1.82) is 0 Å². The molecule has 33 heavy (non-hydrogen) atoms. The fraction of sp³-hybridized carbons (Fsp3) is 0.227. The summed E-state index contributed by atoms with van der Waals surface area (Å²) in [5, 5.41) is 1.67. The van der Waals surface area contributed by atoms with Gasteiger partial charge in [-0.15, -0.1) is 11.3 Å². The molecule has 1 aliphatic rings. The lowest BCUT2D eigenvalue weighted by Gasteiger charge is -2.36. The Hall–Kier alpha value is -3.05. The molecule has 6 nitrogen and oxygen atoms in total. The van der Waals surface area contributed by atoms with Gasteiger partial charge in [0.15, 0.2) is 0 Å². The van der Waals surface area contributed by atoms with E-state index in [-0.39, 0.29) is 10.1 Å². The maximum atomic E-state index is 13.0.